The Morgan fingerprint density at radius 3 is 2.84 bits per heavy atom. The third-order valence-corrected chi connectivity index (χ3v) is 4.11. The number of ether oxygens (including phenoxy) is 1. The maximum absolute atomic E-state index is 14.3. The Bertz CT molecular complexity index is 803. The number of nitrogens with zero attached hydrogens (tertiary/aromatic N) is 3. The van der Waals surface area contributed by atoms with Gasteiger partial charge in [0.15, 0.2) is 0 Å². The van der Waals surface area contributed by atoms with Crippen molar-refractivity contribution >= 4 is 34.2 Å². The van der Waals surface area contributed by atoms with E-state index >= 15 is 0 Å². The molecule has 2 aromatic rings. The van der Waals surface area contributed by atoms with E-state index in [-0.39, 0.29) is 73.5 Å². The van der Waals surface area contributed by atoms with Crippen LogP contribution < -0.4 is 10.2 Å². The van der Waals surface area contributed by atoms with Gasteiger partial charge in [0.2, 0.25) is 5.13 Å². The van der Waals surface area contributed by atoms with Gasteiger partial charge in [0, 0.05) is 44.1 Å². The normalized spacial score (nSPS) is 16.4. The molecule has 2 heterocycles. The number of carbonyl (C=O) groups excluding carboxylic acids is 2. The number of benzene rings is 1. The largest absolute Gasteiger partial charge is 0.674 e. The van der Waals surface area contributed by atoms with Gasteiger partial charge in [-0.1, -0.05) is 11.3 Å². The molecule has 2 amide bonds. The van der Waals surface area contributed by atoms with Crippen molar-refractivity contribution in [3.05, 3.63) is 40.3 Å². The van der Waals surface area contributed by atoms with Crippen molar-refractivity contribution in [3.63, 3.8) is 0 Å². The van der Waals surface area contributed by atoms with Crippen LogP contribution >= 0.6 is 11.3 Å². The van der Waals surface area contributed by atoms with Crippen LogP contribution in [0, 0.1) is 56.8 Å². The fourth-order valence-corrected chi connectivity index (χ4v) is 2.79. The quantitative estimate of drug-likeness (QED) is 0.602. The van der Waals surface area contributed by atoms with Gasteiger partial charge in [-0.25, -0.2) is 9.18 Å². The summed E-state index contributed by atoms with van der Waals surface area (Å²) in [6.07, 6.45) is -1.17. The smallest absolute Gasteiger partial charge is 0.414 e. The predicted molar refractivity (Wildman–Crippen MR) is 85.8 cm³/mol. The number of halogens is 1. The minimum Gasteiger partial charge on any atom is -0.674 e. The Labute approximate surface area is 182 Å². The number of nitrogens with one attached hydrogen (secondary N) is 2. The van der Waals surface area contributed by atoms with Gasteiger partial charge in [0.05, 0.1) is 17.8 Å². The van der Waals surface area contributed by atoms with Crippen molar-refractivity contribution in [2.24, 2.45) is 0 Å². The van der Waals surface area contributed by atoms with Crippen molar-refractivity contribution < 1.29 is 62.8 Å². The number of anilines is 2. The molecule has 1 aromatic heterocycles. The molecular weight excluding hydrogens is 564 g/mol. The zero-order valence-corrected chi connectivity index (χ0v) is 18.7. The van der Waals surface area contributed by atoms with Crippen molar-refractivity contribution in [2.75, 3.05) is 23.3 Å². The molecule has 1 atom stereocenters. The maximum atomic E-state index is 14.3. The Morgan fingerprint density at radius 1 is 1.52 bits per heavy atom. The van der Waals surface area contributed by atoms with Gasteiger partial charge in [0.1, 0.15) is 16.9 Å². The molecule has 0 spiro atoms. The average molecular weight is 577 g/mol. The molecule has 1 aliphatic heterocycles. The molecule has 3 rings (SSSR count). The Balaban J connectivity index is 0.00000225. The molecule has 0 saturated carbocycles. The molecule has 0 bridgehead atoms. The molecule has 1 radical (unpaired) electrons. The number of hydrogen-bond acceptors (Lipinski definition) is 6. The minimum absolute atomic E-state index is 0. The summed E-state index contributed by atoms with van der Waals surface area (Å²) in [4.78, 5) is 25.1. The minimum atomic E-state index is -0.770. The monoisotopic (exact) mass is 577 g/mol. The zero-order chi connectivity index (χ0) is 17.3. The first-order valence-electron chi connectivity index (χ1n) is 7.01. The molecule has 0 unspecified atom stereocenters. The number of hydrogen-bond donors (Lipinski definition) is 1. The van der Waals surface area contributed by atoms with Gasteiger partial charge in [-0.05, 0) is 25.1 Å². The van der Waals surface area contributed by atoms with Crippen LogP contribution in [0.5, 0.6) is 0 Å². The SMILES string of the molecule is Cc1nnc(NC(=O)c2ccc(N3C[C@H](C[NH-])OC3=O)cc2F)s1.[Ac]. The van der Waals surface area contributed by atoms with Crippen molar-refractivity contribution in [1.82, 2.24) is 10.2 Å². The van der Waals surface area contributed by atoms with Crippen molar-refractivity contribution in [2.45, 2.75) is 13.0 Å². The Kier molecular flexibility index (Phi) is 6.85. The fourth-order valence-electron chi connectivity index (χ4n) is 2.21. The van der Waals surface area contributed by atoms with E-state index in [4.69, 9.17) is 10.5 Å². The van der Waals surface area contributed by atoms with E-state index in [1.165, 1.54) is 28.4 Å². The molecule has 11 heteroatoms. The molecule has 1 aromatic carbocycles. The van der Waals surface area contributed by atoms with Crippen LogP contribution in [-0.2, 0) is 4.74 Å². The first-order chi connectivity index (χ1) is 11.5. The fraction of sp³-hybridized carbons (Fsp3) is 0.286. The van der Waals surface area contributed by atoms with Crippen LogP contribution in [0.1, 0.15) is 15.4 Å². The topological polar surface area (TPSA) is 108 Å². The third-order valence-electron chi connectivity index (χ3n) is 3.36. The molecule has 1 saturated heterocycles. The standard InChI is InChI=1S/C14H13FN5O3S.Ac/c1-7-18-19-13(24-7)17-12(21)10-3-2-8(4-11(10)15)20-6-9(5-16)23-14(20)22;/h2-4,9,16H,5-6H2,1H3,(H,17,19,21);/q-1;/t9-;/m0./s1. The second-order valence-corrected chi connectivity index (χ2v) is 6.25. The molecule has 8 nitrogen and oxygen atoms in total. The number of cyclic esters (lactones) is 1. The molecule has 129 valence electrons. The van der Waals surface area contributed by atoms with Gasteiger partial charge in [-0.3, -0.25) is 15.0 Å². The van der Waals surface area contributed by atoms with E-state index in [9.17, 15) is 14.0 Å². The number of aryl methyl sites for hydroxylation is 1. The summed E-state index contributed by atoms with van der Waals surface area (Å²) < 4.78 is 19.2. The summed E-state index contributed by atoms with van der Waals surface area (Å²) in [5, 5.41) is 10.9. The number of amides is 2. The molecule has 1 aliphatic rings. The van der Waals surface area contributed by atoms with Gasteiger partial charge in [0.25, 0.3) is 5.91 Å². The molecule has 2 N–H and O–H groups in total. The predicted octanol–water partition coefficient (Wildman–Crippen LogP) is 2.62. The van der Waals surface area contributed by atoms with Crippen LogP contribution in [0.25, 0.3) is 5.73 Å². The van der Waals surface area contributed by atoms with E-state index in [1.54, 1.807) is 6.92 Å². The second kappa shape index (κ2) is 8.49. The van der Waals surface area contributed by atoms with Gasteiger partial charge < -0.3 is 10.5 Å². The van der Waals surface area contributed by atoms with Crippen molar-refractivity contribution in [3.8, 4) is 0 Å². The van der Waals surface area contributed by atoms with E-state index in [0.717, 1.165) is 6.07 Å². The van der Waals surface area contributed by atoms with Crippen LogP contribution in [-0.4, -0.2) is 41.4 Å². The summed E-state index contributed by atoms with van der Waals surface area (Å²) in [5.74, 6) is -1.42. The molecule has 0 aliphatic carbocycles. The first kappa shape index (κ1) is 20.2. The van der Waals surface area contributed by atoms with Gasteiger partial charge in [-0.15, -0.1) is 16.7 Å². The molecular formula is C14H13AcFN5O3S-. The Morgan fingerprint density at radius 2 is 2.28 bits per heavy atom. The van der Waals surface area contributed by atoms with Crippen LogP contribution in [0.3, 0.4) is 0 Å². The van der Waals surface area contributed by atoms with E-state index in [2.05, 4.69) is 15.5 Å². The van der Waals surface area contributed by atoms with Gasteiger partial charge >= 0.3 is 6.09 Å². The van der Waals surface area contributed by atoms with Gasteiger partial charge in [-0.2, -0.15) is 0 Å². The number of aromatic nitrogens is 2. The zero-order valence-electron chi connectivity index (χ0n) is 13.2. The molecule has 25 heavy (non-hydrogen) atoms. The van der Waals surface area contributed by atoms with E-state index in [0.29, 0.717) is 5.01 Å². The maximum Gasteiger partial charge on any atom is 0.414 e. The summed E-state index contributed by atoms with van der Waals surface area (Å²) in [6.45, 7) is 1.85. The number of carbonyl (C=O) groups is 2. The van der Waals surface area contributed by atoms with E-state index in [1.807, 2.05) is 0 Å². The van der Waals surface area contributed by atoms with Crippen molar-refractivity contribution in [1.29, 1.82) is 0 Å². The summed E-state index contributed by atoms with van der Waals surface area (Å²) in [6, 6.07) is 3.83. The molecule has 1 fully saturated rings. The third kappa shape index (κ3) is 4.53. The number of rotatable bonds is 4. The first-order valence-corrected chi connectivity index (χ1v) is 7.83. The second-order valence-electron chi connectivity index (χ2n) is 5.07. The van der Waals surface area contributed by atoms with Crippen LogP contribution in [0.2, 0.25) is 0 Å². The summed E-state index contributed by atoms with van der Waals surface area (Å²) in [5.41, 5.74) is 7.35. The summed E-state index contributed by atoms with van der Waals surface area (Å²) in [7, 11) is 0. The van der Waals surface area contributed by atoms with Crippen LogP contribution in [0.4, 0.5) is 20.0 Å². The van der Waals surface area contributed by atoms with E-state index < -0.39 is 23.9 Å². The summed E-state index contributed by atoms with van der Waals surface area (Å²) >= 11 is 1.18. The van der Waals surface area contributed by atoms with Crippen LogP contribution in [0.15, 0.2) is 18.2 Å². The Hall–Kier alpha value is -1.15. The average Bonchev–Trinajstić information content (AvgIpc) is 3.12.